The van der Waals surface area contributed by atoms with Gasteiger partial charge in [-0.15, -0.1) is 0 Å². The van der Waals surface area contributed by atoms with Crippen molar-refractivity contribution in [3.8, 4) is 0 Å². The number of fused-ring (bicyclic) bond motifs is 2. The lowest BCUT2D eigenvalue weighted by molar-refractivity contribution is 0.0722. The number of halogens is 2. The topological polar surface area (TPSA) is 53.8 Å². The summed E-state index contributed by atoms with van der Waals surface area (Å²) in [5.41, 5.74) is 1.14. The maximum atomic E-state index is 13.5. The van der Waals surface area contributed by atoms with Crippen molar-refractivity contribution in [2.45, 2.75) is 12.5 Å². The summed E-state index contributed by atoms with van der Waals surface area (Å²) in [4.78, 5) is 30.2. The van der Waals surface area contributed by atoms with Gasteiger partial charge < -0.3 is 14.2 Å². The Morgan fingerprint density at radius 1 is 1.14 bits per heavy atom. The predicted molar refractivity (Wildman–Crippen MR) is 113 cm³/mol. The van der Waals surface area contributed by atoms with E-state index >= 15 is 0 Å². The molecule has 1 aromatic heterocycles. The number of hydrogen-bond acceptors (Lipinski definition) is 4. The van der Waals surface area contributed by atoms with E-state index in [4.69, 9.17) is 4.42 Å². The third-order valence-corrected chi connectivity index (χ3v) is 5.61. The monoisotopic (exact) mass is 458 g/mol. The van der Waals surface area contributed by atoms with E-state index in [0.29, 0.717) is 28.6 Å². The molecule has 0 saturated heterocycles. The first-order valence-electron chi connectivity index (χ1n) is 9.34. The molecule has 2 aromatic carbocycles. The van der Waals surface area contributed by atoms with Crippen molar-refractivity contribution in [1.29, 1.82) is 0 Å². The Morgan fingerprint density at radius 2 is 1.86 bits per heavy atom. The second-order valence-electron chi connectivity index (χ2n) is 7.42. The van der Waals surface area contributed by atoms with Crippen molar-refractivity contribution in [2.75, 3.05) is 27.2 Å². The van der Waals surface area contributed by atoms with E-state index in [-0.39, 0.29) is 22.9 Å². The molecule has 3 aromatic rings. The van der Waals surface area contributed by atoms with Crippen molar-refractivity contribution in [1.82, 2.24) is 9.80 Å². The van der Waals surface area contributed by atoms with Crippen LogP contribution in [0.15, 0.2) is 56.1 Å². The molecule has 29 heavy (non-hydrogen) atoms. The summed E-state index contributed by atoms with van der Waals surface area (Å²) >= 11 is 3.38. The minimum absolute atomic E-state index is 0.0731. The average Bonchev–Trinajstić information content (AvgIpc) is 2.95. The number of amides is 1. The van der Waals surface area contributed by atoms with E-state index in [1.165, 1.54) is 12.1 Å². The second kappa shape index (κ2) is 7.72. The van der Waals surface area contributed by atoms with E-state index in [1.54, 1.807) is 35.2 Å². The van der Waals surface area contributed by atoms with Crippen molar-refractivity contribution in [2.24, 2.45) is 0 Å². The largest absolute Gasteiger partial charge is 0.450 e. The SMILES string of the molecule is CN(C)CCCN1C(=O)c2oc3ccc(Br)cc3c(=O)c2C1c1ccc(F)cc1. The molecule has 0 aliphatic carbocycles. The Balaban J connectivity index is 1.88. The smallest absolute Gasteiger partial charge is 0.290 e. The normalized spacial score (nSPS) is 16.1. The van der Waals surface area contributed by atoms with Gasteiger partial charge in [0.15, 0.2) is 5.43 Å². The molecule has 4 rings (SSSR count). The molecular weight excluding hydrogens is 439 g/mol. The Morgan fingerprint density at radius 3 is 2.55 bits per heavy atom. The lowest BCUT2D eigenvalue weighted by atomic mass is 9.98. The maximum Gasteiger partial charge on any atom is 0.290 e. The van der Waals surface area contributed by atoms with Gasteiger partial charge in [-0.2, -0.15) is 0 Å². The summed E-state index contributed by atoms with van der Waals surface area (Å²) in [7, 11) is 3.93. The fraction of sp³-hybridized carbons (Fsp3) is 0.273. The van der Waals surface area contributed by atoms with Crippen LogP contribution in [0.25, 0.3) is 11.0 Å². The summed E-state index contributed by atoms with van der Waals surface area (Å²) in [5, 5.41) is 0.410. The third kappa shape index (κ3) is 3.60. The van der Waals surface area contributed by atoms with Gasteiger partial charge >= 0.3 is 0 Å². The average molecular weight is 459 g/mol. The molecule has 2 heterocycles. The zero-order valence-electron chi connectivity index (χ0n) is 16.1. The Kier molecular flexibility index (Phi) is 5.27. The van der Waals surface area contributed by atoms with Gasteiger partial charge in [0.05, 0.1) is 17.0 Å². The van der Waals surface area contributed by atoms with Crippen LogP contribution in [0.2, 0.25) is 0 Å². The van der Waals surface area contributed by atoms with Crippen LogP contribution in [0.4, 0.5) is 4.39 Å². The Hall–Kier alpha value is -2.51. The van der Waals surface area contributed by atoms with Crippen molar-refractivity contribution >= 4 is 32.8 Å². The lowest BCUT2D eigenvalue weighted by Crippen LogP contribution is -2.32. The quantitative estimate of drug-likeness (QED) is 0.574. The molecule has 0 bridgehead atoms. The van der Waals surface area contributed by atoms with Crippen molar-refractivity contribution in [3.05, 3.63) is 79.9 Å². The summed E-state index contributed by atoms with van der Waals surface area (Å²) in [5.74, 6) is -0.606. The van der Waals surface area contributed by atoms with Gasteiger partial charge in [-0.1, -0.05) is 28.1 Å². The van der Waals surface area contributed by atoms with Crippen LogP contribution in [-0.2, 0) is 0 Å². The minimum Gasteiger partial charge on any atom is -0.450 e. The van der Waals surface area contributed by atoms with E-state index < -0.39 is 6.04 Å². The van der Waals surface area contributed by atoms with Gasteiger partial charge in [-0.25, -0.2) is 4.39 Å². The highest BCUT2D eigenvalue weighted by atomic mass is 79.9. The molecule has 5 nitrogen and oxygen atoms in total. The first kappa shape index (κ1) is 19.8. The van der Waals surface area contributed by atoms with Crippen molar-refractivity contribution in [3.63, 3.8) is 0 Å². The van der Waals surface area contributed by atoms with Crippen LogP contribution in [0.3, 0.4) is 0 Å². The van der Waals surface area contributed by atoms with Crippen LogP contribution in [0, 0.1) is 5.82 Å². The van der Waals surface area contributed by atoms with Crippen LogP contribution in [0.1, 0.15) is 34.1 Å². The zero-order chi connectivity index (χ0) is 20.7. The minimum atomic E-state index is -0.597. The van der Waals surface area contributed by atoms with Crippen LogP contribution in [0.5, 0.6) is 0 Å². The first-order chi connectivity index (χ1) is 13.9. The van der Waals surface area contributed by atoms with Gasteiger partial charge in [0.1, 0.15) is 11.4 Å². The summed E-state index contributed by atoms with van der Waals surface area (Å²) in [6, 6.07) is 10.5. The van der Waals surface area contributed by atoms with Gasteiger partial charge in [-0.3, -0.25) is 9.59 Å². The molecule has 0 radical (unpaired) electrons. The fourth-order valence-electron chi connectivity index (χ4n) is 3.77. The van der Waals surface area contributed by atoms with E-state index in [9.17, 15) is 14.0 Å². The number of rotatable bonds is 5. The molecule has 1 aliphatic heterocycles. The summed E-state index contributed by atoms with van der Waals surface area (Å²) in [6.07, 6.45) is 0.740. The van der Waals surface area contributed by atoms with Crippen LogP contribution >= 0.6 is 15.9 Å². The van der Waals surface area contributed by atoms with E-state index in [2.05, 4.69) is 15.9 Å². The van der Waals surface area contributed by atoms with Gasteiger partial charge in [0.25, 0.3) is 5.91 Å². The zero-order valence-corrected chi connectivity index (χ0v) is 17.7. The molecule has 1 amide bonds. The molecule has 0 fully saturated rings. The number of hydrogen-bond donors (Lipinski definition) is 0. The van der Waals surface area contributed by atoms with E-state index in [0.717, 1.165) is 17.4 Å². The van der Waals surface area contributed by atoms with Crippen molar-refractivity contribution < 1.29 is 13.6 Å². The highest BCUT2D eigenvalue weighted by molar-refractivity contribution is 9.10. The number of benzene rings is 2. The molecular formula is C22H20BrFN2O3. The molecule has 0 saturated carbocycles. The summed E-state index contributed by atoms with van der Waals surface area (Å²) in [6.45, 7) is 1.26. The predicted octanol–water partition coefficient (Wildman–Crippen LogP) is 4.19. The third-order valence-electron chi connectivity index (χ3n) is 5.12. The van der Waals surface area contributed by atoms with Crippen LogP contribution < -0.4 is 5.43 Å². The number of carbonyl (C=O) groups excluding carboxylic acids is 1. The number of nitrogens with zero attached hydrogens (tertiary/aromatic N) is 2. The molecule has 0 N–H and O–H groups in total. The standard InChI is InChI=1S/C22H20BrFN2O3/c1-25(2)10-3-11-26-19(13-4-7-15(24)8-5-13)18-20(27)16-12-14(23)6-9-17(16)29-21(18)22(26)28/h4-9,12,19H,3,10-11H2,1-2H3. The molecule has 150 valence electrons. The molecule has 1 unspecified atom stereocenters. The lowest BCUT2D eigenvalue weighted by Gasteiger charge is -2.25. The Labute approximate surface area is 175 Å². The second-order valence-corrected chi connectivity index (χ2v) is 8.34. The molecule has 1 atom stereocenters. The van der Waals surface area contributed by atoms with Gasteiger partial charge in [-0.05, 0) is 63.0 Å². The van der Waals surface area contributed by atoms with Gasteiger partial charge in [0.2, 0.25) is 5.76 Å². The molecule has 7 heteroatoms. The van der Waals surface area contributed by atoms with E-state index in [1.807, 2.05) is 19.0 Å². The Bertz CT molecular complexity index is 1140. The number of carbonyl (C=O) groups is 1. The fourth-order valence-corrected chi connectivity index (χ4v) is 4.13. The molecule has 1 aliphatic rings. The maximum absolute atomic E-state index is 13.5. The highest BCUT2D eigenvalue weighted by Gasteiger charge is 2.42. The first-order valence-corrected chi connectivity index (χ1v) is 10.1. The summed E-state index contributed by atoms with van der Waals surface area (Å²) < 4.78 is 20.1. The highest BCUT2D eigenvalue weighted by Crippen LogP contribution is 2.38. The van der Waals surface area contributed by atoms with Gasteiger partial charge in [0, 0.05) is 11.0 Å². The van der Waals surface area contributed by atoms with Crippen LogP contribution in [-0.4, -0.2) is 42.9 Å². The molecule has 0 spiro atoms.